The first kappa shape index (κ1) is 39.6. The molecule has 12 heteroatoms. The van der Waals surface area contributed by atoms with Crippen molar-refractivity contribution in [3.63, 3.8) is 0 Å². The molecule has 54 heavy (non-hydrogen) atoms. The minimum Gasteiger partial charge on any atom is -0.497 e. The van der Waals surface area contributed by atoms with Gasteiger partial charge >= 0.3 is 0 Å². The molecule has 0 radical (unpaired) electrons. The Bertz CT molecular complexity index is 1880. The number of hydrogen-bond donors (Lipinski definition) is 0. The van der Waals surface area contributed by atoms with Crippen LogP contribution in [0.5, 0.6) is 11.5 Å². The lowest BCUT2D eigenvalue weighted by molar-refractivity contribution is -0.203. The highest BCUT2D eigenvalue weighted by atomic mass is 31.2. The number of benzene rings is 3. The molecule has 0 amide bonds. The Labute approximate surface area is 319 Å². The minimum atomic E-state index is -1.70. The number of methoxy groups -OCH3 is 2. The van der Waals surface area contributed by atoms with Crippen LogP contribution in [0.3, 0.4) is 0 Å². The van der Waals surface area contributed by atoms with Gasteiger partial charge in [0.05, 0.1) is 46.5 Å². The smallest absolute Gasteiger partial charge is 0.259 e. The SMILES string of the molecule is COc1ccc(C(OC[C@@]23CO[C@@H]([C@H](n4cc(C)ccc4=O)O2)[C@@H]3OP(OCCC#N)N(C(C)C)C(C)C)(c2ccccc2)c2ccc(OC)cc2)cc1. The lowest BCUT2D eigenvalue weighted by Crippen LogP contribution is -2.49. The summed E-state index contributed by atoms with van der Waals surface area (Å²) in [5.41, 5.74) is 0.985. The monoisotopic (exact) mass is 755 g/mol. The van der Waals surface area contributed by atoms with E-state index in [4.69, 9.17) is 32.7 Å². The zero-order chi connectivity index (χ0) is 38.5. The van der Waals surface area contributed by atoms with Crippen molar-refractivity contribution in [3.8, 4) is 17.6 Å². The first-order chi connectivity index (χ1) is 26.1. The summed E-state index contributed by atoms with van der Waals surface area (Å²) >= 11 is 0. The van der Waals surface area contributed by atoms with Gasteiger partial charge in [0.1, 0.15) is 34.9 Å². The van der Waals surface area contributed by atoms with Crippen LogP contribution in [-0.4, -0.2) is 73.2 Å². The molecule has 0 spiro atoms. The summed E-state index contributed by atoms with van der Waals surface area (Å²) in [4.78, 5) is 13.4. The third-order valence-electron chi connectivity index (χ3n) is 9.91. The zero-order valence-corrected chi connectivity index (χ0v) is 32.9. The van der Waals surface area contributed by atoms with Crippen LogP contribution in [0, 0.1) is 18.3 Å². The van der Waals surface area contributed by atoms with Gasteiger partial charge in [-0.15, -0.1) is 0 Å². The van der Waals surface area contributed by atoms with Crippen molar-refractivity contribution in [2.24, 2.45) is 0 Å². The molecule has 2 bridgehead atoms. The van der Waals surface area contributed by atoms with Crippen LogP contribution < -0.4 is 15.0 Å². The highest BCUT2D eigenvalue weighted by molar-refractivity contribution is 7.44. The number of ether oxygens (including phenoxy) is 5. The first-order valence-electron chi connectivity index (χ1n) is 18.3. The Hall–Kier alpha value is -4.11. The molecule has 2 aliphatic heterocycles. The van der Waals surface area contributed by atoms with Crippen LogP contribution in [-0.2, 0) is 28.9 Å². The number of rotatable bonds is 17. The van der Waals surface area contributed by atoms with Crippen molar-refractivity contribution in [2.75, 3.05) is 34.0 Å². The molecule has 0 aliphatic carbocycles. The van der Waals surface area contributed by atoms with Gasteiger partial charge in [0.25, 0.3) is 14.1 Å². The van der Waals surface area contributed by atoms with Crippen LogP contribution in [0.15, 0.2) is 102 Å². The molecule has 286 valence electrons. The number of nitrogens with zero attached hydrogens (tertiary/aromatic N) is 3. The Kier molecular flexibility index (Phi) is 12.6. The van der Waals surface area contributed by atoms with E-state index in [2.05, 4.69) is 38.4 Å². The quantitative estimate of drug-likeness (QED) is 0.0610. The topological polar surface area (TPSA) is 114 Å². The number of aryl methyl sites for hydroxylation is 1. The van der Waals surface area contributed by atoms with Gasteiger partial charge in [-0.3, -0.25) is 9.36 Å². The van der Waals surface area contributed by atoms with Crippen molar-refractivity contribution in [1.82, 2.24) is 9.24 Å². The normalized spacial score (nSPS) is 21.5. The van der Waals surface area contributed by atoms with Crippen LogP contribution >= 0.6 is 8.53 Å². The van der Waals surface area contributed by atoms with Crippen LogP contribution in [0.25, 0.3) is 0 Å². The number of fused-ring (bicyclic) bond motifs is 2. The molecule has 1 unspecified atom stereocenters. The molecule has 0 saturated carbocycles. The van der Waals surface area contributed by atoms with E-state index in [0.29, 0.717) is 11.5 Å². The van der Waals surface area contributed by atoms with E-state index in [1.54, 1.807) is 31.0 Å². The van der Waals surface area contributed by atoms with E-state index in [-0.39, 0.29) is 43.9 Å². The van der Waals surface area contributed by atoms with Gasteiger partial charge in [-0.25, -0.2) is 4.67 Å². The molecule has 2 fully saturated rings. The largest absolute Gasteiger partial charge is 0.497 e. The number of aromatic nitrogens is 1. The van der Waals surface area contributed by atoms with E-state index in [1.807, 2.05) is 85.8 Å². The standard InChI is InChI=1S/C42H50N3O8P/c1-29(2)45(30(3)4)54(51-25-11-24-43)53-39-38-40(44-26-31(5)14-23-37(44)46)52-41(39,27-49-38)28-50-42(32-12-9-8-10-13-32,33-15-19-35(47-6)20-16-33)34-17-21-36(48-7)22-18-34/h8-10,12-23,26,29-30,38-40H,11,25,27-28H2,1-7H3/t38-,39+,40-,41-,54?/m1/s1. The van der Waals surface area contributed by atoms with Gasteiger partial charge in [-0.05, 0) is 81.1 Å². The van der Waals surface area contributed by atoms with Crippen LogP contribution in [0.1, 0.15) is 62.6 Å². The molecule has 2 saturated heterocycles. The second-order valence-corrected chi connectivity index (χ2v) is 15.6. The molecule has 6 rings (SSSR count). The summed E-state index contributed by atoms with van der Waals surface area (Å²) in [6, 6.07) is 31.4. The van der Waals surface area contributed by atoms with E-state index >= 15 is 0 Å². The van der Waals surface area contributed by atoms with Crippen LogP contribution in [0.4, 0.5) is 0 Å². The molecule has 0 N–H and O–H groups in total. The van der Waals surface area contributed by atoms with E-state index in [1.165, 1.54) is 6.07 Å². The average molecular weight is 756 g/mol. The summed E-state index contributed by atoms with van der Waals surface area (Å²) in [7, 11) is 1.58. The Morgan fingerprint density at radius 1 is 0.907 bits per heavy atom. The Morgan fingerprint density at radius 2 is 1.50 bits per heavy atom. The highest BCUT2D eigenvalue weighted by Crippen LogP contribution is 2.56. The molecule has 11 nitrogen and oxygen atoms in total. The number of pyridine rings is 1. The van der Waals surface area contributed by atoms with Crippen molar-refractivity contribution in [3.05, 3.63) is 130 Å². The Balaban J connectivity index is 1.48. The van der Waals surface area contributed by atoms with Gasteiger partial charge in [0.2, 0.25) is 0 Å². The van der Waals surface area contributed by atoms with Crippen molar-refractivity contribution in [2.45, 2.75) is 82.8 Å². The third kappa shape index (κ3) is 7.84. The second kappa shape index (κ2) is 17.1. The first-order valence-corrected chi connectivity index (χ1v) is 19.4. The molecular weight excluding hydrogens is 705 g/mol. The zero-order valence-electron chi connectivity index (χ0n) is 32.0. The molecule has 3 heterocycles. The second-order valence-electron chi connectivity index (χ2n) is 14.2. The summed E-state index contributed by atoms with van der Waals surface area (Å²) in [5.74, 6) is 1.43. The fourth-order valence-electron chi connectivity index (χ4n) is 7.39. The molecule has 4 aromatic rings. The fourth-order valence-corrected chi connectivity index (χ4v) is 9.20. The summed E-state index contributed by atoms with van der Waals surface area (Å²) in [6.45, 7) is 10.7. The maximum absolute atomic E-state index is 13.4. The molecule has 2 aliphatic rings. The van der Waals surface area contributed by atoms with Gasteiger partial charge in [-0.1, -0.05) is 60.7 Å². The predicted molar refractivity (Wildman–Crippen MR) is 206 cm³/mol. The van der Waals surface area contributed by atoms with Crippen molar-refractivity contribution < 1.29 is 32.7 Å². The number of nitriles is 1. The van der Waals surface area contributed by atoms with E-state index < -0.39 is 38.2 Å². The molecule has 5 atom stereocenters. The van der Waals surface area contributed by atoms with Gasteiger partial charge < -0.3 is 32.7 Å². The highest BCUT2D eigenvalue weighted by Gasteiger charge is 2.65. The fraction of sp³-hybridized carbons (Fsp3) is 0.429. The van der Waals surface area contributed by atoms with Gasteiger partial charge in [-0.2, -0.15) is 5.26 Å². The average Bonchev–Trinajstić information content (AvgIpc) is 3.67. The predicted octanol–water partition coefficient (Wildman–Crippen LogP) is 7.51. The summed E-state index contributed by atoms with van der Waals surface area (Å²) < 4.78 is 49.3. The lowest BCUT2D eigenvalue weighted by Gasteiger charge is -2.41. The van der Waals surface area contributed by atoms with E-state index in [9.17, 15) is 10.1 Å². The molecule has 3 aromatic carbocycles. The summed E-state index contributed by atoms with van der Waals surface area (Å²) in [6.07, 6.45) is -0.163. The Morgan fingerprint density at radius 3 is 2.06 bits per heavy atom. The number of hydrogen-bond acceptors (Lipinski definition) is 10. The van der Waals surface area contributed by atoms with Crippen LogP contribution in [0.2, 0.25) is 0 Å². The lowest BCUT2D eigenvalue weighted by atomic mass is 9.79. The minimum absolute atomic E-state index is 0.0168. The molecule has 1 aromatic heterocycles. The third-order valence-corrected chi connectivity index (χ3v) is 12.0. The van der Waals surface area contributed by atoms with E-state index in [0.717, 1.165) is 22.3 Å². The maximum atomic E-state index is 13.4. The van der Waals surface area contributed by atoms with Gasteiger partial charge in [0.15, 0.2) is 6.23 Å². The molecular formula is C42H50N3O8P. The summed E-state index contributed by atoms with van der Waals surface area (Å²) in [5, 5.41) is 9.37. The maximum Gasteiger partial charge on any atom is 0.259 e. The van der Waals surface area contributed by atoms with Crippen molar-refractivity contribution in [1.29, 1.82) is 5.26 Å². The van der Waals surface area contributed by atoms with Crippen molar-refractivity contribution >= 4 is 8.53 Å². The van der Waals surface area contributed by atoms with Gasteiger partial charge in [0, 0.05) is 24.3 Å².